The summed E-state index contributed by atoms with van der Waals surface area (Å²) < 4.78 is 40.9. The summed E-state index contributed by atoms with van der Waals surface area (Å²) in [4.78, 5) is 10.0. The fraction of sp³-hybridized carbons (Fsp3) is 0.538. The van der Waals surface area contributed by atoms with Crippen LogP contribution >= 0.6 is 19.0 Å². The molecule has 1 aromatic carbocycles. The maximum absolute atomic E-state index is 12.3. The van der Waals surface area contributed by atoms with Gasteiger partial charge in [-0.25, -0.2) is 0 Å². The van der Waals surface area contributed by atoms with Gasteiger partial charge in [0.1, 0.15) is 6.35 Å². The maximum Gasteiger partial charge on any atom is 0.297 e. The Labute approximate surface area is 129 Å². The van der Waals surface area contributed by atoms with E-state index in [1.54, 1.807) is 18.2 Å². The van der Waals surface area contributed by atoms with Gasteiger partial charge in [0.15, 0.2) is 0 Å². The molecule has 0 radical (unpaired) electrons. The lowest BCUT2D eigenvalue weighted by molar-refractivity contribution is 0.334. The summed E-state index contributed by atoms with van der Waals surface area (Å²) in [5.74, 6) is 0. The number of alkyl halides is 1. The zero-order chi connectivity index (χ0) is 15.5. The van der Waals surface area contributed by atoms with Gasteiger partial charge in [-0.15, -0.1) is 11.6 Å². The first-order chi connectivity index (χ1) is 9.81. The molecule has 0 aliphatic heterocycles. The molecule has 0 amide bonds. The van der Waals surface area contributed by atoms with Crippen LogP contribution in [0.1, 0.15) is 25.7 Å². The minimum atomic E-state index is -4.00. The molecular formula is C13H18ClO5PS. The van der Waals surface area contributed by atoms with Crippen LogP contribution in [0.3, 0.4) is 0 Å². The van der Waals surface area contributed by atoms with Crippen LogP contribution in [0.5, 0.6) is 0 Å². The van der Waals surface area contributed by atoms with Crippen molar-refractivity contribution in [3.8, 4) is 0 Å². The van der Waals surface area contributed by atoms with E-state index in [9.17, 15) is 17.9 Å². The third-order valence-corrected chi connectivity index (χ3v) is 7.67. The molecule has 0 heterocycles. The molecule has 0 bridgehead atoms. The largest absolute Gasteiger partial charge is 0.342 e. The van der Waals surface area contributed by atoms with Gasteiger partial charge in [0.05, 0.1) is 4.90 Å². The number of hydrogen-bond donors (Lipinski definition) is 1. The highest BCUT2D eigenvalue weighted by atomic mass is 35.5. The van der Waals surface area contributed by atoms with Gasteiger partial charge in [0, 0.05) is 11.0 Å². The van der Waals surface area contributed by atoms with Crippen LogP contribution in [0.2, 0.25) is 0 Å². The van der Waals surface area contributed by atoms with Crippen molar-refractivity contribution in [1.29, 1.82) is 0 Å². The molecule has 21 heavy (non-hydrogen) atoms. The van der Waals surface area contributed by atoms with Crippen molar-refractivity contribution in [2.24, 2.45) is 0 Å². The standard InChI is InChI=1S/C13H18ClO5PS/c14-11-6-8-12(9-7-11)20(15,16)10-19-21(17,18)13-4-2-1-3-5-13/h1-5,11-12H,6-10H2,(H,15,16). The third kappa shape index (κ3) is 4.54. The molecule has 1 N–H and O–H groups in total. The molecule has 1 atom stereocenters. The topological polar surface area (TPSA) is 80.7 Å². The van der Waals surface area contributed by atoms with Crippen LogP contribution in [-0.4, -0.2) is 30.7 Å². The first-order valence-corrected chi connectivity index (χ1v) is 10.5. The molecule has 0 spiro atoms. The Balaban J connectivity index is 2.00. The van der Waals surface area contributed by atoms with Gasteiger partial charge < -0.3 is 4.89 Å². The van der Waals surface area contributed by atoms with Crippen molar-refractivity contribution in [2.75, 3.05) is 6.35 Å². The summed E-state index contributed by atoms with van der Waals surface area (Å²) in [7, 11) is -7.67. The van der Waals surface area contributed by atoms with Crippen LogP contribution in [0, 0.1) is 0 Å². The van der Waals surface area contributed by atoms with Crippen molar-refractivity contribution in [3.63, 3.8) is 0 Å². The van der Waals surface area contributed by atoms with Gasteiger partial charge in [-0.3, -0.25) is 8.75 Å². The molecule has 2 rings (SSSR count). The number of rotatable bonds is 5. The van der Waals surface area contributed by atoms with Crippen molar-refractivity contribution in [3.05, 3.63) is 30.3 Å². The van der Waals surface area contributed by atoms with E-state index < -0.39 is 29.5 Å². The fourth-order valence-electron chi connectivity index (χ4n) is 2.34. The summed E-state index contributed by atoms with van der Waals surface area (Å²) in [6.07, 6.45) is 1.71. The number of halogens is 1. The van der Waals surface area contributed by atoms with E-state index in [1.165, 1.54) is 12.1 Å². The lowest BCUT2D eigenvalue weighted by Gasteiger charge is -2.28. The van der Waals surface area contributed by atoms with Crippen LogP contribution in [-0.2, 0) is 18.9 Å². The van der Waals surface area contributed by atoms with Gasteiger partial charge in [0.2, 0.25) is 7.37 Å². The van der Waals surface area contributed by atoms with Crippen molar-refractivity contribution >= 4 is 29.1 Å². The van der Waals surface area contributed by atoms with Crippen LogP contribution in [0.15, 0.2) is 35.2 Å². The monoisotopic (exact) mass is 352 g/mol. The lowest BCUT2D eigenvalue weighted by atomic mass is 10.00. The minimum Gasteiger partial charge on any atom is -0.342 e. The molecule has 1 aliphatic rings. The predicted octanol–water partition coefficient (Wildman–Crippen LogP) is 3.17. The maximum atomic E-state index is 12.3. The third-order valence-electron chi connectivity index (χ3n) is 3.62. The van der Waals surface area contributed by atoms with Crippen molar-refractivity contribution < 1.29 is 22.1 Å². The molecule has 0 aromatic heterocycles. The molecule has 1 saturated carbocycles. The fourth-order valence-corrected chi connectivity index (χ4v) is 5.70. The Morgan fingerprint density at radius 1 is 1.19 bits per heavy atom. The molecule has 1 aliphatic carbocycles. The van der Waals surface area contributed by atoms with E-state index in [0.717, 1.165) is 0 Å². The van der Waals surface area contributed by atoms with Crippen LogP contribution < -0.4 is 0 Å². The Kier molecular flexibility index (Phi) is 5.49. The van der Waals surface area contributed by atoms with Gasteiger partial charge in [-0.05, 0) is 37.8 Å². The molecular weight excluding hydrogens is 335 g/mol. The molecule has 5 nitrogen and oxygen atoms in total. The normalized spacial score (nSPS) is 26.2. The van der Waals surface area contributed by atoms with Crippen molar-refractivity contribution in [1.82, 2.24) is 0 Å². The van der Waals surface area contributed by atoms with Gasteiger partial charge in [0.25, 0.3) is 10.1 Å². The average molecular weight is 353 g/mol. The minimum absolute atomic E-state index is 0.0190. The molecule has 8 heteroatoms. The summed E-state index contributed by atoms with van der Waals surface area (Å²) in [5, 5.41) is 0.0372. The van der Waals surface area contributed by atoms with E-state index in [-0.39, 0.29) is 10.3 Å². The first kappa shape index (κ1) is 17.0. The van der Waals surface area contributed by atoms with Crippen LogP contribution in [0.25, 0.3) is 0 Å². The SMILES string of the molecule is O=P(O)(COS(=O)(=O)c1ccccc1)C1CCC(Cl)CC1. The molecule has 1 fully saturated rings. The second-order valence-corrected chi connectivity index (χ2v) is 9.91. The Hall–Kier alpha value is -0.390. The van der Waals surface area contributed by atoms with Gasteiger partial charge in [-0.1, -0.05) is 18.2 Å². The summed E-state index contributed by atoms with van der Waals surface area (Å²) in [6, 6.07) is 7.58. The summed E-state index contributed by atoms with van der Waals surface area (Å²) in [6.45, 7) is 0. The smallest absolute Gasteiger partial charge is 0.297 e. The van der Waals surface area contributed by atoms with Gasteiger partial charge >= 0.3 is 0 Å². The second kappa shape index (κ2) is 6.80. The zero-order valence-electron chi connectivity index (χ0n) is 11.4. The highest BCUT2D eigenvalue weighted by Gasteiger charge is 2.35. The molecule has 1 unspecified atom stereocenters. The van der Waals surface area contributed by atoms with E-state index in [1.807, 2.05) is 0 Å². The van der Waals surface area contributed by atoms with E-state index >= 15 is 0 Å². The van der Waals surface area contributed by atoms with E-state index in [4.69, 9.17) is 15.8 Å². The Bertz CT molecular complexity index is 611. The highest BCUT2D eigenvalue weighted by Crippen LogP contribution is 2.52. The zero-order valence-corrected chi connectivity index (χ0v) is 13.9. The van der Waals surface area contributed by atoms with Crippen LogP contribution in [0.4, 0.5) is 0 Å². The first-order valence-electron chi connectivity index (χ1n) is 6.71. The predicted molar refractivity (Wildman–Crippen MR) is 81.3 cm³/mol. The average Bonchev–Trinajstić information content (AvgIpc) is 2.47. The second-order valence-electron chi connectivity index (χ2n) is 5.18. The number of benzene rings is 1. The molecule has 0 saturated heterocycles. The highest BCUT2D eigenvalue weighted by molar-refractivity contribution is 7.87. The number of hydrogen-bond acceptors (Lipinski definition) is 4. The Morgan fingerprint density at radius 3 is 2.33 bits per heavy atom. The van der Waals surface area contributed by atoms with Gasteiger partial charge in [-0.2, -0.15) is 8.42 Å². The van der Waals surface area contributed by atoms with E-state index in [0.29, 0.717) is 25.7 Å². The summed E-state index contributed by atoms with van der Waals surface area (Å²) >= 11 is 5.96. The molecule has 118 valence electrons. The quantitative estimate of drug-likeness (QED) is 0.500. The lowest BCUT2D eigenvalue weighted by Crippen LogP contribution is -2.21. The van der Waals surface area contributed by atoms with E-state index in [2.05, 4.69) is 0 Å². The Morgan fingerprint density at radius 2 is 1.76 bits per heavy atom. The molecule has 1 aromatic rings. The summed E-state index contributed by atoms with van der Waals surface area (Å²) in [5.41, 5.74) is -0.432. The van der Waals surface area contributed by atoms with Crippen molar-refractivity contribution in [2.45, 2.75) is 41.6 Å².